The van der Waals surface area contributed by atoms with Crippen LogP contribution < -0.4 is 19.5 Å². The molecule has 0 saturated carbocycles. The average Bonchev–Trinajstić information content (AvgIpc) is 2.71. The smallest absolute Gasteiger partial charge is 0.163 e. The third-order valence-electron chi connectivity index (χ3n) is 6.04. The molecular formula is C25H27NO4. The van der Waals surface area contributed by atoms with Crippen LogP contribution >= 0.6 is 0 Å². The van der Waals surface area contributed by atoms with Gasteiger partial charge in [0.25, 0.3) is 0 Å². The Morgan fingerprint density at radius 3 is 2.47 bits per heavy atom. The Labute approximate surface area is 177 Å². The zero-order valence-corrected chi connectivity index (χ0v) is 17.7. The Balaban J connectivity index is 1.66. The first-order valence-corrected chi connectivity index (χ1v) is 10.6. The van der Waals surface area contributed by atoms with E-state index < -0.39 is 0 Å². The van der Waals surface area contributed by atoms with Gasteiger partial charge in [0.1, 0.15) is 19.0 Å². The minimum atomic E-state index is -0.133. The van der Waals surface area contributed by atoms with Crippen molar-refractivity contribution < 1.29 is 19.0 Å². The molecule has 156 valence electrons. The van der Waals surface area contributed by atoms with Crippen molar-refractivity contribution in [2.45, 2.75) is 39.5 Å². The maximum Gasteiger partial charge on any atom is 0.163 e. The van der Waals surface area contributed by atoms with Crippen molar-refractivity contribution >= 4 is 11.5 Å². The lowest BCUT2D eigenvalue weighted by molar-refractivity contribution is -0.118. The predicted molar refractivity (Wildman–Crippen MR) is 116 cm³/mol. The first-order chi connectivity index (χ1) is 14.4. The number of hydrogen-bond acceptors (Lipinski definition) is 5. The van der Waals surface area contributed by atoms with E-state index in [1.807, 2.05) is 31.2 Å². The molecule has 0 aromatic heterocycles. The molecule has 0 saturated heterocycles. The third-order valence-corrected chi connectivity index (χ3v) is 6.04. The van der Waals surface area contributed by atoms with Gasteiger partial charge in [-0.3, -0.25) is 4.79 Å². The van der Waals surface area contributed by atoms with E-state index in [0.29, 0.717) is 26.2 Å². The molecule has 2 aromatic carbocycles. The predicted octanol–water partition coefficient (Wildman–Crippen LogP) is 5.06. The summed E-state index contributed by atoms with van der Waals surface area (Å²) in [5.74, 6) is 2.41. The van der Waals surface area contributed by atoms with E-state index in [2.05, 4.69) is 31.3 Å². The van der Waals surface area contributed by atoms with Crippen molar-refractivity contribution in [3.63, 3.8) is 0 Å². The second kappa shape index (κ2) is 7.08. The number of hydrogen-bond donors (Lipinski definition) is 1. The number of carbonyl (C=O) groups excluding carboxylic acids is 1. The molecule has 3 aliphatic rings. The van der Waals surface area contributed by atoms with Crippen molar-refractivity contribution in [1.82, 2.24) is 0 Å². The van der Waals surface area contributed by atoms with E-state index in [-0.39, 0.29) is 17.1 Å². The number of nitrogens with one attached hydrogen (secondary N) is 1. The standard InChI is InChI=1S/C25H27NO4/c1-4-28-16-7-5-15(6-8-16)23-17-11-21-22(30-10-9-29-21)12-18(17)26-19-13-25(2,3)14-20(27)24(19)23/h5-8,11-12,23,26H,4,9-10,13-14H2,1-3H3. The summed E-state index contributed by atoms with van der Waals surface area (Å²) in [5, 5.41) is 3.57. The van der Waals surface area contributed by atoms with Crippen LogP contribution in [-0.2, 0) is 4.79 Å². The van der Waals surface area contributed by atoms with Crippen molar-refractivity contribution in [1.29, 1.82) is 0 Å². The highest BCUT2D eigenvalue weighted by Gasteiger charge is 2.41. The van der Waals surface area contributed by atoms with Gasteiger partial charge in [0.15, 0.2) is 17.3 Å². The number of fused-ring (bicyclic) bond motifs is 2. The number of allylic oxidation sites excluding steroid dienone is 2. The molecule has 1 atom stereocenters. The molecule has 0 spiro atoms. The summed E-state index contributed by atoms with van der Waals surface area (Å²) in [6.07, 6.45) is 1.40. The SMILES string of the molecule is CCOc1ccc(C2C3=C(CC(C)(C)CC3=O)Nc3cc4c(cc32)OCCO4)cc1. The van der Waals surface area contributed by atoms with Gasteiger partial charge in [-0.15, -0.1) is 0 Å². The molecule has 1 N–H and O–H groups in total. The summed E-state index contributed by atoms with van der Waals surface area (Å²) in [7, 11) is 0. The van der Waals surface area contributed by atoms with Crippen molar-refractivity contribution in [2.75, 3.05) is 25.1 Å². The van der Waals surface area contributed by atoms with Gasteiger partial charge in [0.05, 0.1) is 6.61 Å². The van der Waals surface area contributed by atoms with Gasteiger partial charge >= 0.3 is 0 Å². The largest absolute Gasteiger partial charge is 0.494 e. The molecule has 5 nitrogen and oxygen atoms in total. The fraction of sp³-hybridized carbons (Fsp3) is 0.400. The molecule has 0 amide bonds. The molecule has 0 fully saturated rings. The monoisotopic (exact) mass is 405 g/mol. The molecule has 0 bridgehead atoms. The van der Waals surface area contributed by atoms with Crippen LogP contribution in [-0.4, -0.2) is 25.6 Å². The van der Waals surface area contributed by atoms with Crippen LogP contribution in [0, 0.1) is 5.41 Å². The summed E-state index contributed by atoms with van der Waals surface area (Å²) in [4.78, 5) is 13.3. The zero-order chi connectivity index (χ0) is 20.9. The Bertz CT molecular complexity index is 1040. The molecule has 2 heterocycles. The maximum atomic E-state index is 13.3. The lowest BCUT2D eigenvalue weighted by atomic mass is 9.68. The topological polar surface area (TPSA) is 56.8 Å². The van der Waals surface area contributed by atoms with Gasteiger partial charge in [-0.2, -0.15) is 0 Å². The first kappa shape index (κ1) is 19.0. The van der Waals surface area contributed by atoms with E-state index in [1.165, 1.54) is 0 Å². The molecule has 5 rings (SSSR count). The molecule has 0 radical (unpaired) electrons. The Morgan fingerprint density at radius 2 is 1.77 bits per heavy atom. The normalized spacial score (nSPS) is 21.4. The summed E-state index contributed by atoms with van der Waals surface area (Å²) in [6.45, 7) is 7.99. The minimum absolute atomic E-state index is 0.0579. The van der Waals surface area contributed by atoms with E-state index in [1.54, 1.807) is 0 Å². The number of ketones is 1. The summed E-state index contributed by atoms with van der Waals surface area (Å²) >= 11 is 0. The molecular weight excluding hydrogens is 378 g/mol. The molecule has 1 aliphatic carbocycles. The minimum Gasteiger partial charge on any atom is -0.494 e. The zero-order valence-electron chi connectivity index (χ0n) is 17.7. The number of benzene rings is 2. The second-order valence-electron chi connectivity index (χ2n) is 8.98. The summed E-state index contributed by atoms with van der Waals surface area (Å²) in [6, 6.07) is 12.2. The fourth-order valence-electron chi connectivity index (χ4n) is 4.82. The number of carbonyl (C=O) groups is 1. The van der Waals surface area contributed by atoms with Gasteiger partial charge in [-0.05, 0) is 48.1 Å². The Kier molecular flexibility index (Phi) is 4.49. The fourth-order valence-corrected chi connectivity index (χ4v) is 4.82. The summed E-state index contributed by atoms with van der Waals surface area (Å²) < 4.78 is 17.3. The van der Waals surface area contributed by atoms with Crippen molar-refractivity contribution in [3.05, 3.63) is 58.8 Å². The Hall–Kier alpha value is -2.95. The van der Waals surface area contributed by atoms with Gasteiger partial charge in [0.2, 0.25) is 0 Å². The molecule has 30 heavy (non-hydrogen) atoms. The van der Waals surface area contributed by atoms with Crippen molar-refractivity contribution in [2.24, 2.45) is 5.41 Å². The molecule has 2 aromatic rings. The van der Waals surface area contributed by atoms with E-state index in [0.717, 1.165) is 51.8 Å². The van der Waals surface area contributed by atoms with E-state index in [9.17, 15) is 4.79 Å². The Morgan fingerprint density at radius 1 is 1.07 bits per heavy atom. The highest BCUT2D eigenvalue weighted by Crippen LogP contribution is 2.51. The quantitative estimate of drug-likeness (QED) is 0.774. The first-order valence-electron chi connectivity index (χ1n) is 10.6. The van der Waals surface area contributed by atoms with Crippen LogP contribution in [0.4, 0.5) is 5.69 Å². The van der Waals surface area contributed by atoms with Crippen LogP contribution in [0.25, 0.3) is 0 Å². The highest BCUT2D eigenvalue weighted by molar-refractivity contribution is 6.01. The van der Waals surface area contributed by atoms with Gasteiger partial charge in [-0.1, -0.05) is 26.0 Å². The number of ether oxygens (including phenoxy) is 3. The van der Waals surface area contributed by atoms with E-state index >= 15 is 0 Å². The molecule has 1 unspecified atom stereocenters. The van der Waals surface area contributed by atoms with Gasteiger partial charge < -0.3 is 19.5 Å². The van der Waals surface area contributed by atoms with Crippen LogP contribution in [0.5, 0.6) is 17.2 Å². The van der Waals surface area contributed by atoms with E-state index in [4.69, 9.17) is 14.2 Å². The number of anilines is 1. The van der Waals surface area contributed by atoms with Crippen LogP contribution in [0.1, 0.15) is 50.7 Å². The highest BCUT2D eigenvalue weighted by atomic mass is 16.6. The van der Waals surface area contributed by atoms with Crippen LogP contribution in [0.2, 0.25) is 0 Å². The van der Waals surface area contributed by atoms with Gasteiger partial charge in [-0.25, -0.2) is 0 Å². The number of rotatable bonds is 3. The second-order valence-corrected chi connectivity index (χ2v) is 8.98. The summed E-state index contributed by atoms with van der Waals surface area (Å²) in [5.41, 5.74) is 4.97. The lowest BCUT2D eigenvalue weighted by Crippen LogP contribution is -2.34. The van der Waals surface area contributed by atoms with Crippen LogP contribution in [0.15, 0.2) is 47.7 Å². The maximum absolute atomic E-state index is 13.3. The third kappa shape index (κ3) is 3.22. The van der Waals surface area contributed by atoms with Gasteiger partial charge in [0, 0.05) is 35.4 Å². The average molecular weight is 405 g/mol. The van der Waals surface area contributed by atoms with Crippen LogP contribution in [0.3, 0.4) is 0 Å². The molecule has 2 aliphatic heterocycles. The van der Waals surface area contributed by atoms with Crippen molar-refractivity contribution in [3.8, 4) is 17.2 Å². The number of Topliss-reactive ketones (excluding diaryl/α,β-unsaturated/α-hetero) is 1. The lowest BCUT2D eigenvalue weighted by Gasteiger charge is -2.40. The molecule has 5 heteroatoms.